The zero-order chi connectivity index (χ0) is 15.1. The molecule has 2 aromatic heterocycles. The molecule has 4 rings (SSSR count). The first-order chi connectivity index (χ1) is 10.7. The average molecular weight is 295 g/mol. The highest BCUT2D eigenvalue weighted by Crippen LogP contribution is 2.23. The van der Waals surface area contributed by atoms with Crippen LogP contribution in [0.25, 0.3) is 11.0 Å². The van der Waals surface area contributed by atoms with Crippen molar-refractivity contribution in [1.82, 2.24) is 19.5 Å². The lowest BCUT2D eigenvalue weighted by molar-refractivity contribution is -0.120. The molecule has 0 aliphatic carbocycles. The molecule has 2 N–H and O–H groups in total. The molecule has 1 atom stereocenters. The quantitative estimate of drug-likeness (QED) is 0.761. The summed E-state index contributed by atoms with van der Waals surface area (Å²) >= 11 is 0. The van der Waals surface area contributed by atoms with Crippen molar-refractivity contribution < 1.29 is 4.79 Å². The number of nitrogens with zero attached hydrogens (tertiary/aromatic N) is 3. The molecule has 1 aliphatic heterocycles. The number of H-pyrrole nitrogens is 1. The second-order valence-corrected chi connectivity index (χ2v) is 5.81. The van der Waals surface area contributed by atoms with E-state index >= 15 is 0 Å². The van der Waals surface area contributed by atoms with E-state index in [0.29, 0.717) is 0 Å². The number of carbonyl (C=O) groups excluding carboxylic acids is 1. The summed E-state index contributed by atoms with van der Waals surface area (Å²) in [4.78, 5) is 24.2. The van der Waals surface area contributed by atoms with E-state index in [1.165, 1.54) is 0 Å². The van der Waals surface area contributed by atoms with Gasteiger partial charge in [-0.2, -0.15) is 0 Å². The highest BCUT2D eigenvalue weighted by molar-refractivity contribution is 5.94. The first-order valence-corrected chi connectivity index (χ1v) is 7.45. The van der Waals surface area contributed by atoms with Gasteiger partial charge in [0.1, 0.15) is 5.82 Å². The van der Waals surface area contributed by atoms with E-state index in [-0.39, 0.29) is 11.8 Å². The molecule has 0 bridgehead atoms. The molecular weight excluding hydrogens is 278 g/mol. The first kappa shape index (κ1) is 13.1. The Balaban J connectivity index is 1.51. The summed E-state index contributed by atoms with van der Waals surface area (Å²) in [5.74, 6) is 0.949. The third-order valence-electron chi connectivity index (χ3n) is 4.21. The number of amides is 1. The van der Waals surface area contributed by atoms with Crippen LogP contribution in [0.1, 0.15) is 17.9 Å². The lowest BCUT2D eigenvalue weighted by Crippen LogP contribution is -2.29. The minimum atomic E-state index is 0.00315. The fourth-order valence-corrected chi connectivity index (χ4v) is 3.05. The number of benzene rings is 1. The van der Waals surface area contributed by atoms with Gasteiger partial charge in [-0.3, -0.25) is 4.79 Å². The van der Waals surface area contributed by atoms with Gasteiger partial charge in [0, 0.05) is 36.5 Å². The van der Waals surface area contributed by atoms with Crippen LogP contribution in [0.2, 0.25) is 0 Å². The first-order valence-electron chi connectivity index (χ1n) is 7.45. The zero-order valence-electron chi connectivity index (χ0n) is 12.3. The molecule has 112 valence electrons. The van der Waals surface area contributed by atoms with Crippen molar-refractivity contribution in [3.05, 3.63) is 42.2 Å². The van der Waals surface area contributed by atoms with Crippen LogP contribution >= 0.6 is 0 Å². The second-order valence-electron chi connectivity index (χ2n) is 5.81. The van der Waals surface area contributed by atoms with Crippen molar-refractivity contribution in [1.29, 1.82) is 0 Å². The van der Waals surface area contributed by atoms with Gasteiger partial charge in [0.05, 0.1) is 17.4 Å². The number of aryl methyl sites for hydroxylation is 2. The van der Waals surface area contributed by atoms with Crippen molar-refractivity contribution in [3.63, 3.8) is 0 Å². The Kier molecular flexibility index (Phi) is 2.96. The summed E-state index contributed by atoms with van der Waals surface area (Å²) in [6.45, 7) is 2.77. The smallest absolute Gasteiger partial charge is 0.227 e. The van der Waals surface area contributed by atoms with E-state index in [0.717, 1.165) is 47.6 Å². The number of aromatic nitrogens is 4. The molecule has 0 saturated heterocycles. The third kappa shape index (κ3) is 2.26. The van der Waals surface area contributed by atoms with Gasteiger partial charge < -0.3 is 14.9 Å². The minimum Gasteiger partial charge on any atom is -0.342 e. The van der Waals surface area contributed by atoms with Crippen LogP contribution in [0.4, 0.5) is 5.69 Å². The van der Waals surface area contributed by atoms with Crippen LogP contribution in [-0.4, -0.2) is 25.4 Å². The molecule has 22 heavy (non-hydrogen) atoms. The predicted molar refractivity (Wildman–Crippen MR) is 83.5 cm³/mol. The van der Waals surface area contributed by atoms with Gasteiger partial charge in [0.2, 0.25) is 5.91 Å². The number of hydrogen-bond donors (Lipinski definition) is 2. The van der Waals surface area contributed by atoms with Crippen molar-refractivity contribution in [2.45, 2.75) is 26.3 Å². The predicted octanol–water partition coefficient (Wildman–Crippen LogP) is 2.27. The molecule has 1 unspecified atom stereocenters. The fourth-order valence-electron chi connectivity index (χ4n) is 3.05. The Hall–Kier alpha value is -2.63. The van der Waals surface area contributed by atoms with Crippen LogP contribution < -0.4 is 5.32 Å². The SMILES string of the molecule is Cc1nc2ccc(NC(=O)C3CCn4cncc4C3)cc2[nH]1. The average Bonchev–Trinajstić information content (AvgIpc) is 3.10. The Labute approximate surface area is 127 Å². The molecule has 6 nitrogen and oxygen atoms in total. The number of anilines is 1. The second kappa shape index (κ2) is 4.98. The molecule has 3 heterocycles. The van der Waals surface area contributed by atoms with Crippen LogP contribution in [0, 0.1) is 12.8 Å². The zero-order valence-corrected chi connectivity index (χ0v) is 12.3. The highest BCUT2D eigenvalue weighted by Gasteiger charge is 2.24. The van der Waals surface area contributed by atoms with Crippen molar-refractivity contribution in [2.24, 2.45) is 5.92 Å². The molecule has 1 aliphatic rings. The van der Waals surface area contributed by atoms with Crippen LogP contribution in [-0.2, 0) is 17.8 Å². The molecule has 1 amide bonds. The number of hydrogen-bond acceptors (Lipinski definition) is 3. The maximum absolute atomic E-state index is 12.5. The number of fused-ring (bicyclic) bond motifs is 2. The van der Waals surface area contributed by atoms with Gasteiger partial charge in [-0.1, -0.05) is 0 Å². The third-order valence-corrected chi connectivity index (χ3v) is 4.21. The molecule has 0 saturated carbocycles. The van der Waals surface area contributed by atoms with Crippen LogP contribution in [0.5, 0.6) is 0 Å². The lowest BCUT2D eigenvalue weighted by atomic mass is 9.95. The summed E-state index contributed by atoms with van der Waals surface area (Å²) in [6.07, 6.45) is 5.27. The van der Waals surface area contributed by atoms with Crippen molar-refractivity contribution in [3.8, 4) is 0 Å². The van der Waals surface area contributed by atoms with E-state index in [1.54, 1.807) is 0 Å². The number of imidazole rings is 2. The topological polar surface area (TPSA) is 75.6 Å². The summed E-state index contributed by atoms with van der Waals surface area (Å²) in [6, 6.07) is 5.75. The summed E-state index contributed by atoms with van der Waals surface area (Å²) in [5, 5.41) is 3.02. The summed E-state index contributed by atoms with van der Waals surface area (Å²) in [7, 11) is 0. The fraction of sp³-hybridized carbons (Fsp3) is 0.312. The number of carbonyl (C=O) groups is 1. The molecule has 1 aromatic carbocycles. The van der Waals surface area contributed by atoms with Crippen molar-refractivity contribution >= 4 is 22.6 Å². The van der Waals surface area contributed by atoms with Crippen LogP contribution in [0.3, 0.4) is 0 Å². The Morgan fingerprint density at radius 2 is 2.36 bits per heavy atom. The largest absolute Gasteiger partial charge is 0.342 e. The van der Waals surface area contributed by atoms with E-state index in [4.69, 9.17) is 0 Å². The molecule has 0 spiro atoms. The molecule has 6 heteroatoms. The normalized spacial score (nSPS) is 17.4. The summed E-state index contributed by atoms with van der Waals surface area (Å²) in [5.41, 5.74) is 3.79. The lowest BCUT2D eigenvalue weighted by Gasteiger charge is -2.22. The van der Waals surface area contributed by atoms with Gasteiger partial charge >= 0.3 is 0 Å². The Morgan fingerprint density at radius 3 is 3.27 bits per heavy atom. The maximum Gasteiger partial charge on any atom is 0.227 e. The Bertz CT molecular complexity index is 847. The van der Waals surface area contributed by atoms with E-state index in [9.17, 15) is 4.79 Å². The van der Waals surface area contributed by atoms with E-state index in [1.807, 2.05) is 37.6 Å². The number of nitrogens with one attached hydrogen (secondary N) is 2. The van der Waals surface area contributed by atoms with Crippen LogP contribution in [0.15, 0.2) is 30.7 Å². The van der Waals surface area contributed by atoms with Crippen molar-refractivity contribution in [2.75, 3.05) is 5.32 Å². The maximum atomic E-state index is 12.5. The van der Waals surface area contributed by atoms with Gasteiger partial charge in [-0.15, -0.1) is 0 Å². The Morgan fingerprint density at radius 1 is 1.45 bits per heavy atom. The van der Waals surface area contributed by atoms with Gasteiger partial charge in [0.15, 0.2) is 0 Å². The molecule has 0 radical (unpaired) electrons. The monoisotopic (exact) mass is 295 g/mol. The standard InChI is InChI=1S/C16H17N5O/c1-10-18-14-3-2-12(7-15(14)19-10)20-16(22)11-4-5-21-9-17-8-13(21)6-11/h2-3,7-9,11H,4-6H2,1H3,(H,18,19)(H,20,22). The highest BCUT2D eigenvalue weighted by atomic mass is 16.1. The van der Waals surface area contributed by atoms with E-state index < -0.39 is 0 Å². The molecule has 0 fully saturated rings. The minimum absolute atomic E-state index is 0.00315. The summed E-state index contributed by atoms with van der Waals surface area (Å²) < 4.78 is 2.11. The van der Waals surface area contributed by atoms with Gasteiger partial charge in [-0.05, 0) is 31.5 Å². The van der Waals surface area contributed by atoms with E-state index in [2.05, 4.69) is 24.8 Å². The van der Waals surface area contributed by atoms with Gasteiger partial charge in [-0.25, -0.2) is 9.97 Å². The molecule has 3 aromatic rings. The number of aromatic amines is 1. The molecular formula is C16H17N5O. The number of rotatable bonds is 2. The van der Waals surface area contributed by atoms with Gasteiger partial charge in [0.25, 0.3) is 0 Å².